The van der Waals surface area contributed by atoms with Crippen LogP contribution in [0, 0.1) is 0 Å². The highest BCUT2D eigenvalue weighted by molar-refractivity contribution is 7.85. The van der Waals surface area contributed by atoms with Gasteiger partial charge in [0.1, 0.15) is 15.9 Å². The molecule has 14 heavy (non-hydrogen) atoms. The highest BCUT2D eigenvalue weighted by Crippen LogP contribution is 2.20. The summed E-state index contributed by atoms with van der Waals surface area (Å²) in [6.07, 6.45) is 1.53. The van der Waals surface area contributed by atoms with E-state index in [0.717, 1.165) is 0 Å². The molecule has 0 spiro atoms. The van der Waals surface area contributed by atoms with Crippen LogP contribution in [0.5, 0.6) is 0 Å². The van der Waals surface area contributed by atoms with E-state index in [1.807, 2.05) is 0 Å². The first kappa shape index (κ1) is 11.2. The predicted octanol–water partition coefficient (Wildman–Crippen LogP) is 1.63. The van der Waals surface area contributed by atoms with Gasteiger partial charge in [0.2, 0.25) is 0 Å². The number of esters is 1. The van der Waals surface area contributed by atoms with Gasteiger partial charge in [0.15, 0.2) is 0 Å². The molecular formula is C8H11NO3S2. The molecule has 0 aliphatic carbocycles. The van der Waals surface area contributed by atoms with Gasteiger partial charge in [0.05, 0.1) is 12.3 Å². The lowest BCUT2D eigenvalue weighted by molar-refractivity contribution is 0.0532. The molecule has 1 unspecified atom stereocenters. The number of carbonyl (C=O) groups excluding carboxylic acids is 1. The lowest BCUT2D eigenvalue weighted by atomic mass is 10.4. The van der Waals surface area contributed by atoms with Crippen LogP contribution in [0.4, 0.5) is 5.69 Å². The largest absolute Gasteiger partial charge is 0.462 e. The van der Waals surface area contributed by atoms with E-state index < -0.39 is 11.0 Å². The summed E-state index contributed by atoms with van der Waals surface area (Å²) in [6.45, 7) is 2.12. The van der Waals surface area contributed by atoms with Gasteiger partial charge in [-0.3, -0.25) is 0 Å². The van der Waals surface area contributed by atoms with Gasteiger partial charge < -0.3 is 9.46 Å². The maximum atomic E-state index is 11.2. The quantitative estimate of drug-likeness (QED) is 0.804. The van der Waals surface area contributed by atoms with Gasteiger partial charge in [-0.15, -0.1) is 11.3 Å². The van der Waals surface area contributed by atoms with Crippen LogP contribution < -0.4 is 4.72 Å². The van der Waals surface area contributed by atoms with Crippen molar-refractivity contribution < 1.29 is 13.7 Å². The second-order valence-electron chi connectivity index (χ2n) is 2.48. The van der Waals surface area contributed by atoms with Crippen LogP contribution >= 0.6 is 11.3 Å². The SMILES string of the molecule is CCOC(=O)c1cc(NS(C)=O)cs1. The molecule has 0 fully saturated rings. The summed E-state index contributed by atoms with van der Waals surface area (Å²) in [5.74, 6) is -0.340. The van der Waals surface area contributed by atoms with E-state index in [9.17, 15) is 9.00 Å². The van der Waals surface area contributed by atoms with E-state index in [1.165, 1.54) is 17.6 Å². The van der Waals surface area contributed by atoms with Crippen molar-refractivity contribution >= 4 is 34.0 Å². The Morgan fingerprint density at radius 3 is 3.00 bits per heavy atom. The monoisotopic (exact) mass is 233 g/mol. The van der Waals surface area contributed by atoms with Crippen molar-refractivity contribution in [3.8, 4) is 0 Å². The fraction of sp³-hybridized carbons (Fsp3) is 0.375. The van der Waals surface area contributed by atoms with E-state index in [4.69, 9.17) is 4.74 Å². The molecule has 1 aromatic heterocycles. The molecule has 1 N–H and O–H groups in total. The number of carbonyl (C=O) groups is 1. The third-order valence-electron chi connectivity index (χ3n) is 1.34. The normalized spacial score (nSPS) is 12.1. The van der Waals surface area contributed by atoms with Gasteiger partial charge >= 0.3 is 5.97 Å². The number of nitrogens with one attached hydrogen (secondary N) is 1. The van der Waals surface area contributed by atoms with E-state index in [0.29, 0.717) is 17.2 Å². The summed E-state index contributed by atoms with van der Waals surface area (Å²) < 4.78 is 18.3. The van der Waals surface area contributed by atoms with Gasteiger partial charge in [-0.25, -0.2) is 9.00 Å². The number of rotatable bonds is 4. The fourth-order valence-electron chi connectivity index (χ4n) is 0.865. The van der Waals surface area contributed by atoms with Crippen LogP contribution in [-0.2, 0) is 15.7 Å². The zero-order valence-corrected chi connectivity index (χ0v) is 9.54. The van der Waals surface area contributed by atoms with Crippen LogP contribution in [0.25, 0.3) is 0 Å². The smallest absolute Gasteiger partial charge is 0.348 e. The van der Waals surface area contributed by atoms with Crippen molar-refractivity contribution in [1.82, 2.24) is 0 Å². The first-order valence-corrected chi connectivity index (χ1v) is 6.43. The first-order chi connectivity index (χ1) is 6.63. The topological polar surface area (TPSA) is 55.4 Å². The Balaban J connectivity index is 2.67. The third-order valence-corrected chi connectivity index (χ3v) is 2.77. The zero-order chi connectivity index (χ0) is 10.6. The first-order valence-electron chi connectivity index (χ1n) is 3.99. The minimum Gasteiger partial charge on any atom is -0.462 e. The Kier molecular flexibility index (Phi) is 4.09. The van der Waals surface area contributed by atoms with Gasteiger partial charge in [0.25, 0.3) is 0 Å². The summed E-state index contributed by atoms with van der Waals surface area (Å²) in [7, 11) is -1.12. The molecule has 0 aliphatic heterocycles. The number of thiophene rings is 1. The standard InChI is InChI=1S/C8H11NO3S2/c1-3-12-8(10)7-4-6(5-13-7)9-14(2)11/h4-5,9H,3H2,1-2H3. The van der Waals surface area contributed by atoms with Gasteiger partial charge in [-0.05, 0) is 13.0 Å². The molecule has 0 saturated carbocycles. The molecule has 4 nitrogen and oxygen atoms in total. The summed E-state index contributed by atoms with van der Waals surface area (Å²) in [4.78, 5) is 11.7. The highest BCUT2D eigenvalue weighted by Gasteiger charge is 2.09. The average Bonchev–Trinajstić information content (AvgIpc) is 2.52. The summed E-state index contributed by atoms with van der Waals surface area (Å²) in [5.41, 5.74) is 0.680. The number of ether oxygens (including phenoxy) is 1. The molecule has 1 rings (SSSR count). The van der Waals surface area contributed by atoms with E-state index in [2.05, 4.69) is 4.72 Å². The number of anilines is 1. The number of hydrogen-bond donors (Lipinski definition) is 1. The maximum absolute atomic E-state index is 11.2. The maximum Gasteiger partial charge on any atom is 0.348 e. The molecule has 1 aromatic rings. The Morgan fingerprint density at radius 2 is 2.43 bits per heavy atom. The molecule has 1 atom stereocenters. The second kappa shape index (κ2) is 5.11. The number of hydrogen-bond acceptors (Lipinski definition) is 4. The van der Waals surface area contributed by atoms with Gasteiger partial charge in [0, 0.05) is 11.6 Å². The van der Waals surface area contributed by atoms with E-state index in [1.54, 1.807) is 18.4 Å². The predicted molar refractivity (Wildman–Crippen MR) is 58.0 cm³/mol. The molecule has 0 amide bonds. The van der Waals surface area contributed by atoms with Gasteiger partial charge in [-0.1, -0.05) is 0 Å². The van der Waals surface area contributed by atoms with Crippen LogP contribution in [0.1, 0.15) is 16.6 Å². The molecule has 0 aliphatic rings. The van der Waals surface area contributed by atoms with Crippen molar-refractivity contribution in [2.75, 3.05) is 17.6 Å². The molecule has 0 bridgehead atoms. The molecule has 0 saturated heterocycles. The lowest BCUT2D eigenvalue weighted by Gasteiger charge is -1.97. The Hall–Kier alpha value is -0.880. The van der Waals surface area contributed by atoms with Crippen LogP contribution in [0.2, 0.25) is 0 Å². The Labute approximate surface area is 88.9 Å². The van der Waals surface area contributed by atoms with Crippen molar-refractivity contribution in [3.05, 3.63) is 16.3 Å². The Bertz CT molecular complexity index is 348. The summed E-state index contributed by atoms with van der Waals surface area (Å²) in [5, 5.41) is 1.73. The van der Waals surface area contributed by atoms with Crippen molar-refractivity contribution in [3.63, 3.8) is 0 Å². The molecule has 1 heterocycles. The Morgan fingerprint density at radius 1 is 1.71 bits per heavy atom. The zero-order valence-electron chi connectivity index (χ0n) is 7.90. The van der Waals surface area contributed by atoms with E-state index in [-0.39, 0.29) is 5.97 Å². The third kappa shape index (κ3) is 3.12. The molecule has 6 heteroatoms. The van der Waals surface area contributed by atoms with Crippen molar-refractivity contribution in [2.45, 2.75) is 6.92 Å². The highest BCUT2D eigenvalue weighted by atomic mass is 32.2. The van der Waals surface area contributed by atoms with Crippen LogP contribution in [0.3, 0.4) is 0 Å². The average molecular weight is 233 g/mol. The van der Waals surface area contributed by atoms with Crippen LogP contribution in [-0.4, -0.2) is 23.0 Å². The molecule has 0 aromatic carbocycles. The van der Waals surface area contributed by atoms with Crippen LogP contribution in [0.15, 0.2) is 11.4 Å². The summed E-state index contributed by atoms with van der Waals surface area (Å²) in [6, 6.07) is 1.63. The fourth-order valence-corrected chi connectivity index (χ4v) is 2.12. The van der Waals surface area contributed by atoms with E-state index >= 15 is 0 Å². The minimum absolute atomic E-state index is 0.340. The molecule has 78 valence electrons. The lowest BCUT2D eigenvalue weighted by Crippen LogP contribution is -2.02. The van der Waals surface area contributed by atoms with Crippen molar-refractivity contribution in [1.29, 1.82) is 0 Å². The molecule has 0 radical (unpaired) electrons. The van der Waals surface area contributed by atoms with Gasteiger partial charge in [-0.2, -0.15) is 0 Å². The second-order valence-corrected chi connectivity index (χ2v) is 4.50. The summed E-state index contributed by atoms with van der Waals surface area (Å²) >= 11 is 1.27. The van der Waals surface area contributed by atoms with Crippen molar-refractivity contribution in [2.24, 2.45) is 0 Å². The molecular weight excluding hydrogens is 222 g/mol. The minimum atomic E-state index is -1.12.